The first-order valence-corrected chi connectivity index (χ1v) is 36.6. The second kappa shape index (κ2) is 34.1. The quantitative estimate of drug-likeness (QED) is 0.0538. The van der Waals surface area contributed by atoms with Gasteiger partial charge in [-0.05, 0) is 138 Å². The Balaban J connectivity index is 0.941. The highest BCUT2D eigenvalue weighted by Crippen LogP contribution is 2.44. The first-order valence-electron chi connectivity index (χ1n) is 34.4. The molecule has 0 radical (unpaired) electrons. The number of aromatic hydroxyl groups is 1. The van der Waals surface area contributed by atoms with Crippen molar-refractivity contribution in [1.29, 1.82) is 0 Å². The maximum Gasteiger partial charge on any atom is 0.446 e. The number of β-amino-alcohol motifs (C(OH)–C–C–N with tert-alkyl or cyclic N) is 1. The van der Waals surface area contributed by atoms with Crippen LogP contribution in [0.4, 0.5) is 5.69 Å². The predicted octanol–water partition coefficient (Wildman–Crippen LogP) is -1.54. The molecular weight excluding hydrogens is 1330 g/mol. The number of phenolic OH excluding ortho intramolecular Hbond substituents is 1. The molecule has 31 nitrogen and oxygen atoms in total. The van der Waals surface area contributed by atoms with Crippen LogP contribution in [0.1, 0.15) is 127 Å². The molecule has 2 saturated carbocycles. The molecule has 33 heteroatoms. The molecule has 4 saturated heterocycles. The van der Waals surface area contributed by atoms with Gasteiger partial charge in [0, 0.05) is 81.8 Å². The van der Waals surface area contributed by atoms with Gasteiger partial charge in [0.2, 0.25) is 35.4 Å². The Hall–Kier alpha value is -6.31. The van der Waals surface area contributed by atoms with Gasteiger partial charge < -0.3 is 101 Å². The maximum atomic E-state index is 15.0. The van der Waals surface area contributed by atoms with E-state index >= 15 is 4.79 Å². The number of aliphatic hydroxyl groups excluding tert-OH is 8. The molecule has 0 bridgehead atoms. The molecule has 3 aromatic rings. The van der Waals surface area contributed by atoms with Crippen molar-refractivity contribution in [3.8, 4) is 22.1 Å². The molecule has 14 atom stereocenters. The zero-order valence-electron chi connectivity index (χ0n) is 56.3. The summed E-state index contributed by atoms with van der Waals surface area (Å²) in [5.41, 5.74) is 1.98. The Morgan fingerprint density at radius 1 is 0.758 bits per heavy atom. The van der Waals surface area contributed by atoms with E-state index in [1.165, 1.54) is 46.0 Å². The van der Waals surface area contributed by atoms with Crippen molar-refractivity contribution in [1.82, 2.24) is 51.9 Å². The summed E-state index contributed by atoms with van der Waals surface area (Å²) in [6.07, 6.45) is -1.11. The van der Waals surface area contributed by atoms with Gasteiger partial charge >= 0.3 is 10.4 Å². The van der Waals surface area contributed by atoms with Gasteiger partial charge in [-0.25, -0.2) is 0 Å². The van der Waals surface area contributed by atoms with Crippen LogP contribution < -0.4 is 41.0 Å². The number of aromatic nitrogens is 2. The molecule has 5 heterocycles. The standard InChI is InChI=1S/C66H99N11O20S2/c1-35-31-77-56(57(35)86)61(90)68-30-45(81)28-47(69-36(2)39-11-13-40(14-12-39)62-73-74-63(98-62)41-15-17-44(18-16-41)75-24-21-66(96-4,22-25-75)42-8-6-5-7-9-42)58(87)70-53(37(3)80)64(91)76-32-46(82)29-48(76)59(88)71-54(51(85)26-38-10-19-49(83)52(27-38)97-99(93,94)95)60(89)72-55(65(77)92)50(84)20-23-67-43(33-78)34-79/h10,15-19,27,35-37,39-40,42-43,45-48,50-51,53-57,67,69,78-86H,5-9,11-14,20-26,28-34H2,1-4H3,(H,68,90)(H,70,87)(H,71,88)(H,72,89)(H,93,94,95)/t35-,36?,37+,39?,40?,45+,46+,47?,48-,50+,51+,53-,54-,55-,56-,57-/m0/s1. The van der Waals surface area contributed by atoms with Crippen LogP contribution in [0.2, 0.25) is 0 Å². The van der Waals surface area contributed by atoms with Crippen LogP contribution in [0.3, 0.4) is 0 Å². The van der Waals surface area contributed by atoms with Crippen LogP contribution in [0, 0.1) is 17.8 Å². The van der Waals surface area contributed by atoms with E-state index < -0.39 is 200 Å². The van der Waals surface area contributed by atoms with Crippen molar-refractivity contribution in [2.45, 2.75) is 214 Å². The lowest BCUT2D eigenvalue weighted by Crippen LogP contribution is -2.64. The van der Waals surface area contributed by atoms with Crippen LogP contribution in [0.25, 0.3) is 10.6 Å². The second-order valence-electron chi connectivity index (χ2n) is 27.8. The third-order valence-electron chi connectivity index (χ3n) is 21.0. The lowest BCUT2D eigenvalue weighted by molar-refractivity contribution is -0.147. The number of ether oxygens (including phenoxy) is 1. The number of amides is 6. The average molecular weight is 1430 g/mol. The van der Waals surface area contributed by atoms with Crippen LogP contribution in [-0.2, 0) is 50.3 Å². The number of aliphatic hydroxyl groups is 8. The molecule has 1 aromatic heterocycles. The average Bonchev–Trinajstić information content (AvgIpc) is 1.77. The van der Waals surface area contributed by atoms with Crippen LogP contribution in [0.15, 0.2) is 42.5 Å². The number of hydrogen-bond donors (Lipinski definition) is 16. The largest absolute Gasteiger partial charge is 0.504 e. The van der Waals surface area contributed by atoms with E-state index in [0.717, 1.165) is 88.0 Å². The fraction of sp³-hybridized carbons (Fsp3) is 0.697. The molecule has 2 unspecified atom stereocenters. The van der Waals surface area contributed by atoms with Gasteiger partial charge in [0.05, 0.1) is 67.5 Å². The number of phenols is 1. The van der Waals surface area contributed by atoms with E-state index in [1.807, 2.05) is 14.0 Å². The fourth-order valence-electron chi connectivity index (χ4n) is 15.2. The van der Waals surface area contributed by atoms with Crippen molar-refractivity contribution in [3.63, 3.8) is 0 Å². The molecule has 16 N–H and O–H groups in total. The molecule has 6 amide bonds. The van der Waals surface area contributed by atoms with Crippen molar-refractivity contribution >= 4 is 62.9 Å². The fourth-order valence-corrected chi connectivity index (χ4v) is 16.5. The Labute approximate surface area is 579 Å². The third kappa shape index (κ3) is 19.1. The summed E-state index contributed by atoms with van der Waals surface area (Å²) in [6, 6.07) is -0.787. The van der Waals surface area contributed by atoms with Crippen molar-refractivity contribution in [2.75, 3.05) is 64.5 Å². The van der Waals surface area contributed by atoms with Gasteiger partial charge in [0.1, 0.15) is 40.2 Å². The van der Waals surface area contributed by atoms with Crippen LogP contribution in [0.5, 0.6) is 11.5 Å². The molecule has 2 aromatic carbocycles. The van der Waals surface area contributed by atoms with E-state index in [2.05, 4.69) is 75.4 Å². The number of methoxy groups -OCH3 is 1. The monoisotopic (exact) mass is 1430 g/mol. The summed E-state index contributed by atoms with van der Waals surface area (Å²) in [5.74, 6) is -8.47. The molecule has 2 aliphatic carbocycles. The number of carbonyl (C=O) groups excluding carboxylic acids is 6. The first kappa shape index (κ1) is 76.9. The van der Waals surface area contributed by atoms with Crippen LogP contribution in [-0.4, -0.2) is 265 Å². The highest BCUT2D eigenvalue weighted by Gasteiger charge is 2.50. The zero-order valence-corrected chi connectivity index (χ0v) is 57.9. The van der Waals surface area contributed by atoms with E-state index in [4.69, 9.17) is 4.74 Å². The molecule has 0 spiro atoms. The maximum absolute atomic E-state index is 15.0. The summed E-state index contributed by atoms with van der Waals surface area (Å²) >= 11 is 1.55. The molecule has 99 heavy (non-hydrogen) atoms. The van der Waals surface area contributed by atoms with Crippen molar-refractivity contribution in [2.24, 2.45) is 17.8 Å². The summed E-state index contributed by atoms with van der Waals surface area (Å²) in [4.78, 5) is 92.8. The van der Waals surface area contributed by atoms with Gasteiger partial charge in [0.15, 0.2) is 11.5 Å². The van der Waals surface area contributed by atoms with Gasteiger partial charge in [-0.1, -0.05) is 43.6 Å². The topological polar surface area (TPSA) is 465 Å². The summed E-state index contributed by atoms with van der Waals surface area (Å²) in [7, 11) is -3.35. The summed E-state index contributed by atoms with van der Waals surface area (Å²) in [6.45, 7) is 3.69. The minimum atomic E-state index is -5.23. The lowest BCUT2D eigenvalue weighted by Gasteiger charge is -2.47. The Morgan fingerprint density at radius 3 is 2.06 bits per heavy atom. The Morgan fingerprint density at radius 2 is 1.41 bits per heavy atom. The lowest BCUT2D eigenvalue weighted by atomic mass is 9.72. The second-order valence-corrected chi connectivity index (χ2v) is 29.8. The zero-order chi connectivity index (χ0) is 71.6. The summed E-state index contributed by atoms with van der Waals surface area (Å²) < 4.78 is 43.4. The minimum absolute atomic E-state index is 0.0330. The number of carbonyl (C=O) groups is 6. The minimum Gasteiger partial charge on any atom is -0.504 e. The molecule has 550 valence electrons. The van der Waals surface area contributed by atoms with Gasteiger partial charge in [-0.2, -0.15) is 8.42 Å². The van der Waals surface area contributed by atoms with Crippen LogP contribution >= 0.6 is 11.3 Å². The SMILES string of the molecule is COC1(C2CCCCC2)CCN(c2ccc(-c3nnc(C4CCC(C(C)NC5C[C@@H](O)CNC(=O)[C@@H]6[C@@H](O)[C@@H](C)CN6C(=O)[C@H]([C@H](O)CCNC(CO)CO)NC(=O)[C@H]([C@H](O)Cc6ccc(O)c(OS(=O)(=O)O)c6)NC(=O)[C@@H]6C[C@@H](O)CN6C(=O)[C@H]([C@@H](C)O)NC5=O)CC4)s3)cc2)CC1. The van der Waals surface area contributed by atoms with Gasteiger partial charge in [-0.3, -0.25) is 33.3 Å². The number of nitrogens with one attached hydrogen (secondary N) is 6. The normalized spacial score (nSPS) is 29.5. The van der Waals surface area contributed by atoms with Gasteiger partial charge in [-0.15, -0.1) is 10.2 Å². The number of nitrogens with zero attached hydrogens (tertiary/aromatic N) is 5. The summed E-state index contributed by atoms with van der Waals surface area (Å²) in [5, 5.41) is 126. The molecule has 6 fully saturated rings. The smallest absolute Gasteiger partial charge is 0.446 e. The number of anilines is 1. The van der Waals surface area contributed by atoms with Crippen molar-refractivity contribution in [3.05, 3.63) is 53.0 Å². The highest BCUT2D eigenvalue weighted by atomic mass is 32.3. The van der Waals surface area contributed by atoms with E-state index in [9.17, 15) is 82.9 Å². The van der Waals surface area contributed by atoms with E-state index in [-0.39, 0.29) is 36.1 Å². The molecule has 9 rings (SSSR count). The number of rotatable bonds is 21. The van der Waals surface area contributed by atoms with E-state index in [1.54, 1.807) is 11.3 Å². The molecule has 4 aliphatic heterocycles. The number of fused-ring (bicyclic) bond motifs is 2. The number of piperidine rings is 1. The van der Waals surface area contributed by atoms with Gasteiger partial charge in [0.25, 0.3) is 0 Å². The molecular formula is C66H99N11O20S2. The van der Waals surface area contributed by atoms with Crippen molar-refractivity contribution < 1.29 is 96.6 Å². The first-order chi connectivity index (χ1) is 47.1. The third-order valence-corrected chi connectivity index (χ3v) is 22.5. The number of hydrogen-bond acceptors (Lipinski definition) is 25. The Bertz CT molecular complexity index is 3350. The highest BCUT2D eigenvalue weighted by molar-refractivity contribution is 7.81. The molecule has 6 aliphatic rings. The number of benzene rings is 2. The predicted molar refractivity (Wildman–Crippen MR) is 359 cm³/mol. The van der Waals surface area contributed by atoms with E-state index in [0.29, 0.717) is 18.8 Å². The Kier molecular flexibility index (Phi) is 26.5.